The quantitative estimate of drug-likeness (QED) is 0.738. The van der Waals surface area contributed by atoms with Gasteiger partial charge in [0.25, 0.3) is 0 Å². The van der Waals surface area contributed by atoms with Gasteiger partial charge in [-0.2, -0.15) is 0 Å². The van der Waals surface area contributed by atoms with Gasteiger partial charge in [0, 0.05) is 0 Å². The third-order valence-electron chi connectivity index (χ3n) is 4.09. The Morgan fingerprint density at radius 2 is 1.76 bits per heavy atom. The van der Waals surface area contributed by atoms with Crippen LogP contribution in [0.1, 0.15) is 51.5 Å². The van der Waals surface area contributed by atoms with E-state index in [0.29, 0.717) is 0 Å². The highest BCUT2D eigenvalue weighted by Gasteiger charge is 2.27. The van der Waals surface area contributed by atoms with E-state index in [-0.39, 0.29) is 18.5 Å². The Morgan fingerprint density at radius 3 is 2.43 bits per heavy atom. The maximum absolute atomic E-state index is 12.1. The Hall–Kier alpha value is -1.41. The van der Waals surface area contributed by atoms with Gasteiger partial charge in [-0.1, -0.05) is 57.0 Å². The normalized spacial score (nSPS) is 19.1. The summed E-state index contributed by atoms with van der Waals surface area (Å²) in [5.74, 6) is 0.205. The number of Topliss-reactive ketones (excluding diaryl/α,β-unsaturated/α-hetero) is 1. The molecule has 114 valence electrons. The summed E-state index contributed by atoms with van der Waals surface area (Å²) in [5.41, 5.74) is 3.67. The average Bonchev–Trinajstić information content (AvgIpc) is 2.51. The van der Waals surface area contributed by atoms with Crippen LogP contribution in [0.15, 0.2) is 41.5 Å². The minimum absolute atomic E-state index is 0.129. The molecule has 0 aliphatic carbocycles. The van der Waals surface area contributed by atoms with Gasteiger partial charge in [0.1, 0.15) is 6.61 Å². The van der Waals surface area contributed by atoms with E-state index in [1.54, 1.807) is 0 Å². The monoisotopic (exact) mass is 286 g/mol. The highest BCUT2D eigenvalue weighted by Crippen LogP contribution is 2.29. The summed E-state index contributed by atoms with van der Waals surface area (Å²) in [4.78, 5) is 12.1. The molecule has 21 heavy (non-hydrogen) atoms. The summed E-state index contributed by atoms with van der Waals surface area (Å²) in [6.07, 6.45) is 6.09. The Bertz CT molecular complexity index is 488. The largest absolute Gasteiger partial charge is 0.366 e. The molecule has 1 aromatic rings. The molecule has 0 N–H and O–H groups in total. The van der Waals surface area contributed by atoms with Gasteiger partial charge in [-0.25, -0.2) is 0 Å². The van der Waals surface area contributed by atoms with Gasteiger partial charge in [0.05, 0.1) is 6.10 Å². The molecule has 2 rings (SSSR count). The van der Waals surface area contributed by atoms with E-state index in [1.807, 2.05) is 6.07 Å². The zero-order valence-corrected chi connectivity index (χ0v) is 13.2. The minimum Gasteiger partial charge on any atom is -0.366 e. The van der Waals surface area contributed by atoms with Crippen LogP contribution in [-0.2, 0) is 16.0 Å². The molecule has 1 aliphatic rings. The molecule has 0 bridgehead atoms. The number of ketones is 1. The van der Waals surface area contributed by atoms with Crippen LogP contribution >= 0.6 is 0 Å². The molecule has 1 heterocycles. The van der Waals surface area contributed by atoms with Gasteiger partial charge < -0.3 is 4.74 Å². The fourth-order valence-corrected chi connectivity index (χ4v) is 3.07. The van der Waals surface area contributed by atoms with Gasteiger partial charge in [0.15, 0.2) is 5.78 Å². The lowest BCUT2D eigenvalue weighted by atomic mass is 9.88. The predicted octanol–water partition coefficient (Wildman–Crippen LogP) is 4.48. The number of hydrogen-bond acceptors (Lipinski definition) is 2. The topological polar surface area (TPSA) is 26.3 Å². The molecule has 0 saturated carbocycles. The zero-order chi connectivity index (χ0) is 15.1. The second-order valence-electron chi connectivity index (χ2n) is 5.75. The molecule has 0 saturated heterocycles. The fraction of sp³-hybridized carbons (Fsp3) is 0.526. The number of carbonyl (C=O) groups excluding carboxylic acids is 1. The number of hydrogen-bond donors (Lipinski definition) is 0. The number of benzene rings is 1. The summed E-state index contributed by atoms with van der Waals surface area (Å²) in [7, 11) is 0. The minimum atomic E-state index is 0.129. The van der Waals surface area contributed by atoms with Crippen molar-refractivity contribution in [1.82, 2.24) is 0 Å². The van der Waals surface area contributed by atoms with E-state index in [2.05, 4.69) is 38.1 Å². The van der Waals surface area contributed by atoms with Crippen LogP contribution in [0.5, 0.6) is 0 Å². The Labute approximate surface area is 128 Å². The van der Waals surface area contributed by atoms with Crippen molar-refractivity contribution in [2.45, 2.75) is 58.5 Å². The van der Waals surface area contributed by atoms with Gasteiger partial charge in [-0.15, -0.1) is 0 Å². The molecule has 0 radical (unpaired) electrons. The Balaban J connectivity index is 2.11. The standard InChI is InChI=1S/C19H26O2/c1-3-8-16-17(9-4-2)19(21-14-18(16)20)13-12-15-10-6-5-7-11-15/h5-7,10-11,19H,3-4,8-9,12-14H2,1-2H3. The number of aryl methyl sites for hydroxylation is 1. The van der Waals surface area contributed by atoms with Crippen molar-refractivity contribution in [3.05, 3.63) is 47.0 Å². The Kier molecular flexibility index (Phi) is 6.19. The van der Waals surface area contributed by atoms with Gasteiger partial charge >= 0.3 is 0 Å². The summed E-state index contributed by atoms with van der Waals surface area (Å²) >= 11 is 0. The van der Waals surface area contributed by atoms with Crippen LogP contribution in [0.3, 0.4) is 0 Å². The van der Waals surface area contributed by atoms with E-state index in [1.165, 1.54) is 11.1 Å². The van der Waals surface area contributed by atoms with Crippen LogP contribution in [0.2, 0.25) is 0 Å². The molecule has 1 aromatic carbocycles. The maximum Gasteiger partial charge on any atom is 0.184 e. The van der Waals surface area contributed by atoms with Crippen LogP contribution in [0.4, 0.5) is 0 Å². The van der Waals surface area contributed by atoms with E-state index < -0.39 is 0 Å². The third-order valence-corrected chi connectivity index (χ3v) is 4.09. The van der Waals surface area contributed by atoms with E-state index in [4.69, 9.17) is 4.74 Å². The van der Waals surface area contributed by atoms with Crippen LogP contribution in [-0.4, -0.2) is 18.5 Å². The number of carbonyl (C=O) groups is 1. The molecule has 0 aromatic heterocycles. The fourth-order valence-electron chi connectivity index (χ4n) is 3.07. The number of ether oxygens (including phenoxy) is 1. The molecule has 1 aliphatic heterocycles. The smallest absolute Gasteiger partial charge is 0.184 e. The Morgan fingerprint density at radius 1 is 1.05 bits per heavy atom. The van der Waals surface area contributed by atoms with E-state index >= 15 is 0 Å². The summed E-state index contributed by atoms with van der Waals surface area (Å²) in [5, 5.41) is 0. The predicted molar refractivity (Wildman–Crippen MR) is 86.4 cm³/mol. The molecular weight excluding hydrogens is 260 g/mol. The van der Waals surface area contributed by atoms with Crippen LogP contribution < -0.4 is 0 Å². The zero-order valence-electron chi connectivity index (χ0n) is 13.2. The second-order valence-corrected chi connectivity index (χ2v) is 5.75. The molecule has 1 unspecified atom stereocenters. The van der Waals surface area contributed by atoms with Crippen LogP contribution in [0, 0.1) is 0 Å². The molecule has 0 fully saturated rings. The summed E-state index contributed by atoms with van der Waals surface area (Å²) in [6, 6.07) is 10.5. The first-order valence-corrected chi connectivity index (χ1v) is 8.16. The van der Waals surface area contributed by atoms with Gasteiger partial charge in [-0.3, -0.25) is 4.79 Å². The lowest BCUT2D eigenvalue weighted by Gasteiger charge is -2.28. The molecule has 2 heteroatoms. The average molecular weight is 286 g/mol. The van der Waals surface area contributed by atoms with Crippen molar-refractivity contribution in [3.8, 4) is 0 Å². The third kappa shape index (κ3) is 4.28. The second kappa shape index (κ2) is 8.14. The van der Waals surface area contributed by atoms with Crippen molar-refractivity contribution in [3.63, 3.8) is 0 Å². The molecule has 1 atom stereocenters. The van der Waals surface area contributed by atoms with Crippen molar-refractivity contribution in [1.29, 1.82) is 0 Å². The highest BCUT2D eigenvalue weighted by atomic mass is 16.5. The lowest BCUT2D eigenvalue weighted by Crippen LogP contribution is -2.30. The van der Waals surface area contributed by atoms with Crippen molar-refractivity contribution in [2.24, 2.45) is 0 Å². The molecule has 2 nitrogen and oxygen atoms in total. The van der Waals surface area contributed by atoms with Crippen molar-refractivity contribution < 1.29 is 9.53 Å². The number of rotatable bonds is 7. The van der Waals surface area contributed by atoms with Crippen LogP contribution in [0.25, 0.3) is 0 Å². The first kappa shape index (κ1) is 16.0. The summed E-state index contributed by atoms with van der Waals surface area (Å²) in [6.45, 7) is 4.57. The summed E-state index contributed by atoms with van der Waals surface area (Å²) < 4.78 is 5.85. The molecule has 0 amide bonds. The van der Waals surface area contributed by atoms with Gasteiger partial charge in [0.2, 0.25) is 0 Å². The SMILES string of the molecule is CCCC1=C(CCC)C(CCc2ccccc2)OCC1=O. The van der Waals surface area contributed by atoms with E-state index in [9.17, 15) is 4.79 Å². The first-order valence-electron chi connectivity index (χ1n) is 8.16. The maximum atomic E-state index is 12.1. The highest BCUT2D eigenvalue weighted by molar-refractivity contribution is 5.98. The lowest BCUT2D eigenvalue weighted by molar-refractivity contribution is -0.123. The van der Waals surface area contributed by atoms with E-state index in [0.717, 1.165) is 44.1 Å². The molecule has 0 spiro atoms. The van der Waals surface area contributed by atoms with Gasteiger partial charge in [-0.05, 0) is 42.4 Å². The van der Waals surface area contributed by atoms with Crippen molar-refractivity contribution >= 4 is 5.78 Å². The first-order chi connectivity index (χ1) is 10.3. The molecular formula is C19H26O2. The van der Waals surface area contributed by atoms with Crippen molar-refractivity contribution in [2.75, 3.05) is 6.61 Å².